The maximum absolute atomic E-state index is 10.9. The van der Waals surface area contributed by atoms with Crippen LogP contribution in [0.1, 0.15) is 21.7 Å². The molecule has 2 heterocycles. The summed E-state index contributed by atoms with van der Waals surface area (Å²) < 4.78 is 0. The van der Waals surface area contributed by atoms with Crippen LogP contribution in [0.25, 0.3) is 0 Å². The molecule has 0 radical (unpaired) electrons. The minimum absolute atomic E-state index is 0.110. The Kier molecular flexibility index (Phi) is 2.78. The zero-order chi connectivity index (χ0) is 11.7. The summed E-state index contributed by atoms with van der Waals surface area (Å²) in [5, 5.41) is 12.0. The Morgan fingerprint density at radius 2 is 2.38 bits per heavy atom. The fourth-order valence-electron chi connectivity index (χ4n) is 2.00. The van der Waals surface area contributed by atoms with Crippen molar-refractivity contribution in [2.75, 3.05) is 26.0 Å². The van der Waals surface area contributed by atoms with Crippen LogP contribution in [0.2, 0.25) is 0 Å². The first kappa shape index (κ1) is 10.9. The molecule has 1 aliphatic heterocycles. The first-order chi connectivity index (χ1) is 7.61. The Hall–Kier alpha value is -1.62. The molecule has 0 fully saturated rings. The molecular weight excluding hydrogens is 206 g/mol. The number of carbonyl (C=O) groups is 1. The Morgan fingerprint density at radius 3 is 3.00 bits per heavy atom. The molecule has 1 aromatic heterocycles. The van der Waals surface area contributed by atoms with Crippen LogP contribution in [0.15, 0.2) is 6.07 Å². The molecule has 16 heavy (non-hydrogen) atoms. The van der Waals surface area contributed by atoms with Gasteiger partial charge >= 0.3 is 5.97 Å². The molecule has 0 spiro atoms. The van der Waals surface area contributed by atoms with Crippen LogP contribution in [0, 0.1) is 0 Å². The second kappa shape index (κ2) is 4.09. The zero-order valence-electron chi connectivity index (χ0n) is 9.45. The summed E-state index contributed by atoms with van der Waals surface area (Å²) in [4.78, 5) is 17.3. The number of carboxylic acid groups (broad SMARTS) is 1. The summed E-state index contributed by atoms with van der Waals surface area (Å²) in [6.45, 7) is 1.70. The Labute approximate surface area is 94.1 Å². The second-order valence-corrected chi connectivity index (χ2v) is 4.02. The van der Waals surface area contributed by atoms with Crippen molar-refractivity contribution in [3.63, 3.8) is 0 Å². The summed E-state index contributed by atoms with van der Waals surface area (Å²) in [6.07, 6.45) is 0.912. The summed E-state index contributed by atoms with van der Waals surface area (Å²) in [6, 6.07) is 1.60. The highest BCUT2D eigenvalue weighted by Gasteiger charge is 2.20. The minimum atomic E-state index is -0.979. The Balaban J connectivity index is 2.50. The molecule has 0 saturated heterocycles. The van der Waals surface area contributed by atoms with Crippen molar-refractivity contribution in [3.8, 4) is 0 Å². The SMILES string of the molecule is CNc1cc(C(=O)O)nc2c1CCN(C)C2. The van der Waals surface area contributed by atoms with Crippen LogP contribution in [-0.2, 0) is 13.0 Å². The number of likely N-dealkylation sites (N-methyl/N-ethyl adjacent to an activating group) is 1. The molecule has 86 valence electrons. The van der Waals surface area contributed by atoms with Gasteiger partial charge in [-0.25, -0.2) is 9.78 Å². The standard InChI is InChI=1S/C11H15N3O2/c1-12-8-5-9(11(15)16)13-10-6-14(2)4-3-7(8)10/h5H,3-4,6H2,1-2H3,(H,12,13)(H,15,16). The highest BCUT2D eigenvalue weighted by molar-refractivity contribution is 5.87. The molecule has 1 aliphatic rings. The lowest BCUT2D eigenvalue weighted by atomic mass is 10.0. The third-order valence-corrected chi connectivity index (χ3v) is 2.86. The van der Waals surface area contributed by atoms with E-state index in [0.717, 1.165) is 29.9 Å². The summed E-state index contributed by atoms with van der Waals surface area (Å²) >= 11 is 0. The van der Waals surface area contributed by atoms with Crippen molar-refractivity contribution in [1.29, 1.82) is 0 Å². The van der Waals surface area contributed by atoms with Gasteiger partial charge < -0.3 is 15.3 Å². The lowest BCUT2D eigenvalue weighted by Crippen LogP contribution is -2.28. The number of hydrogen-bond acceptors (Lipinski definition) is 4. The van der Waals surface area contributed by atoms with Gasteiger partial charge in [-0.05, 0) is 25.1 Å². The quantitative estimate of drug-likeness (QED) is 0.773. The van der Waals surface area contributed by atoms with Gasteiger partial charge in [0.05, 0.1) is 5.69 Å². The average molecular weight is 221 g/mol. The lowest BCUT2D eigenvalue weighted by molar-refractivity contribution is 0.0690. The minimum Gasteiger partial charge on any atom is -0.477 e. The van der Waals surface area contributed by atoms with Crippen molar-refractivity contribution in [2.45, 2.75) is 13.0 Å². The molecule has 5 heteroatoms. The van der Waals surface area contributed by atoms with E-state index in [2.05, 4.69) is 15.2 Å². The number of rotatable bonds is 2. The van der Waals surface area contributed by atoms with Crippen molar-refractivity contribution in [3.05, 3.63) is 23.0 Å². The molecule has 0 saturated carbocycles. The maximum Gasteiger partial charge on any atom is 0.354 e. The molecule has 0 aliphatic carbocycles. The molecule has 0 unspecified atom stereocenters. The van der Waals surface area contributed by atoms with Gasteiger partial charge in [-0.15, -0.1) is 0 Å². The van der Waals surface area contributed by atoms with E-state index >= 15 is 0 Å². The Bertz CT molecular complexity index is 431. The van der Waals surface area contributed by atoms with E-state index in [1.54, 1.807) is 13.1 Å². The fourth-order valence-corrected chi connectivity index (χ4v) is 2.00. The molecule has 5 nitrogen and oxygen atoms in total. The van der Waals surface area contributed by atoms with Crippen molar-refractivity contribution < 1.29 is 9.90 Å². The van der Waals surface area contributed by atoms with Gasteiger partial charge in [0.2, 0.25) is 0 Å². The molecule has 2 rings (SSSR count). The predicted octanol–water partition coefficient (Wildman–Crippen LogP) is 0.809. The summed E-state index contributed by atoms with van der Waals surface area (Å²) in [5.74, 6) is -0.979. The Morgan fingerprint density at radius 1 is 1.62 bits per heavy atom. The molecule has 0 aromatic carbocycles. The first-order valence-corrected chi connectivity index (χ1v) is 5.24. The number of carboxylic acids is 1. The molecular formula is C11H15N3O2. The zero-order valence-corrected chi connectivity index (χ0v) is 9.45. The van der Waals surface area contributed by atoms with Gasteiger partial charge in [0.15, 0.2) is 5.69 Å². The van der Waals surface area contributed by atoms with E-state index in [9.17, 15) is 4.79 Å². The molecule has 0 bridgehead atoms. The van der Waals surface area contributed by atoms with Crippen LogP contribution in [0.4, 0.5) is 5.69 Å². The number of aromatic carboxylic acids is 1. The van der Waals surface area contributed by atoms with Gasteiger partial charge in [-0.2, -0.15) is 0 Å². The second-order valence-electron chi connectivity index (χ2n) is 4.02. The van der Waals surface area contributed by atoms with Crippen molar-refractivity contribution in [1.82, 2.24) is 9.88 Å². The lowest BCUT2D eigenvalue weighted by Gasteiger charge is -2.26. The summed E-state index contributed by atoms with van der Waals surface area (Å²) in [7, 11) is 3.82. The summed E-state index contributed by atoms with van der Waals surface area (Å²) in [5.41, 5.74) is 3.01. The monoisotopic (exact) mass is 221 g/mol. The van der Waals surface area contributed by atoms with E-state index in [0.29, 0.717) is 6.54 Å². The van der Waals surface area contributed by atoms with E-state index in [4.69, 9.17) is 5.11 Å². The first-order valence-electron chi connectivity index (χ1n) is 5.24. The highest BCUT2D eigenvalue weighted by atomic mass is 16.4. The predicted molar refractivity (Wildman–Crippen MR) is 60.8 cm³/mol. The van der Waals surface area contributed by atoms with Gasteiger partial charge in [-0.3, -0.25) is 0 Å². The van der Waals surface area contributed by atoms with Gasteiger partial charge in [0.25, 0.3) is 0 Å². The number of anilines is 1. The van der Waals surface area contributed by atoms with Gasteiger partial charge in [-0.1, -0.05) is 0 Å². The van der Waals surface area contributed by atoms with E-state index < -0.39 is 5.97 Å². The van der Waals surface area contributed by atoms with E-state index in [1.807, 2.05) is 7.05 Å². The van der Waals surface area contributed by atoms with Gasteiger partial charge in [0, 0.05) is 25.8 Å². The topological polar surface area (TPSA) is 65.5 Å². The van der Waals surface area contributed by atoms with Crippen molar-refractivity contribution in [2.24, 2.45) is 0 Å². The number of hydrogen-bond donors (Lipinski definition) is 2. The maximum atomic E-state index is 10.9. The molecule has 0 atom stereocenters. The van der Waals surface area contributed by atoms with E-state index in [-0.39, 0.29) is 5.69 Å². The molecule has 1 aromatic rings. The number of nitrogens with zero attached hydrogens (tertiary/aromatic N) is 2. The normalized spacial score (nSPS) is 15.6. The third-order valence-electron chi connectivity index (χ3n) is 2.86. The number of fused-ring (bicyclic) bond motifs is 1. The van der Waals surface area contributed by atoms with E-state index in [1.165, 1.54) is 0 Å². The largest absolute Gasteiger partial charge is 0.477 e. The van der Waals surface area contributed by atoms with Crippen LogP contribution >= 0.6 is 0 Å². The third kappa shape index (κ3) is 1.86. The molecule has 2 N–H and O–H groups in total. The van der Waals surface area contributed by atoms with Crippen LogP contribution in [-0.4, -0.2) is 41.6 Å². The smallest absolute Gasteiger partial charge is 0.354 e. The molecule has 0 amide bonds. The van der Waals surface area contributed by atoms with Crippen LogP contribution < -0.4 is 5.32 Å². The average Bonchev–Trinajstić information content (AvgIpc) is 2.26. The van der Waals surface area contributed by atoms with Gasteiger partial charge in [0.1, 0.15) is 0 Å². The van der Waals surface area contributed by atoms with Crippen LogP contribution in [0.3, 0.4) is 0 Å². The van der Waals surface area contributed by atoms with Crippen LogP contribution in [0.5, 0.6) is 0 Å². The highest BCUT2D eigenvalue weighted by Crippen LogP contribution is 2.24. The fraction of sp³-hybridized carbons (Fsp3) is 0.455. The van der Waals surface area contributed by atoms with Crippen molar-refractivity contribution >= 4 is 11.7 Å². The number of aromatic nitrogens is 1. The number of nitrogens with one attached hydrogen (secondary N) is 1. The number of pyridine rings is 1.